The predicted molar refractivity (Wildman–Crippen MR) is 149 cm³/mol. The van der Waals surface area contributed by atoms with Gasteiger partial charge in [0.25, 0.3) is 5.91 Å². The van der Waals surface area contributed by atoms with E-state index in [1.54, 1.807) is 17.0 Å². The molecule has 7 heteroatoms. The number of carbonyl (C=O) groups excluding carboxylic acids is 3. The Labute approximate surface area is 223 Å². The fourth-order valence-electron chi connectivity index (χ4n) is 5.37. The number of carbonyl (C=O) groups is 3. The van der Waals surface area contributed by atoms with Crippen LogP contribution in [0.2, 0.25) is 0 Å². The van der Waals surface area contributed by atoms with E-state index in [0.717, 1.165) is 48.8 Å². The number of amides is 3. The molecule has 38 heavy (non-hydrogen) atoms. The highest BCUT2D eigenvalue weighted by molar-refractivity contribution is 5.99. The third kappa shape index (κ3) is 5.94. The summed E-state index contributed by atoms with van der Waals surface area (Å²) in [6.07, 6.45) is 5.15. The Morgan fingerprint density at radius 3 is 2.45 bits per heavy atom. The highest BCUT2D eigenvalue weighted by Crippen LogP contribution is 2.30. The van der Waals surface area contributed by atoms with E-state index in [1.807, 2.05) is 60.7 Å². The first-order valence-corrected chi connectivity index (χ1v) is 13.4. The molecule has 2 atom stereocenters. The standard InChI is InChI=1S/C31H34N4O3/c32-27-10-6-9-23-16-17-25(19-26(23)27)33-29(36)20-35-18-5-4-11-28(31(35)38)34-30(37)24-14-12-22(13-15-24)21-7-2-1-3-8-21/h1-3,7-8,12-17,19,27-28H,4-6,9-11,18,20,32H2,(H,33,36)(H,34,37). The van der Waals surface area contributed by atoms with Crippen LogP contribution >= 0.6 is 0 Å². The number of anilines is 1. The second-order valence-electron chi connectivity index (χ2n) is 10.2. The van der Waals surface area contributed by atoms with E-state index < -0.39 is 6.04 Å². The Morgan fingerprint density at radius 1 is 0.895 bits per heavy atom. The van der Waals surface area contributed by atoms with Crippen LogP contribution in [0.4, 0.5) is 5.69 Å². The third-order valence-electron chi connectivity index (χ3n) is 7.46. The van der Waals surface area contributed by atoms with Gasteiger partial charge in [-0.3, -0.25) is 14.4 Å². The van der Waals surface area contributed by atoms with Crippen LogP contribution < -0.4 is 16.4 Å². The molecule has 1 saturated heterocycles. The van der Waals surface area contributed by atoms with E-state index in [1.165, 1.54) is 5.56 Å². The Kier molecular flexibility index (Phi) is 7.84. The largest absolute Gasteiger partial charge is 0.340 e. The van der Waals surface area contributed by atoms with Crippen LogP contribution in [-0.4, -0.2) is 41.8 Å². The quantitative estimate of drug-likeness (QED) is 0.456. The molecule has 0 spiro atoms. The summed E-state index contributed by atoms with van der Waals surface area (Å²) in [5, 5.41) is 5.83. The Morgan fingerprint density at radius 2 is 1.66 bits per heavy atom. The summed E-state index contributed by atoms with van der Waals surface area (Å²) in [7, 11) is 0. The van der Waals surface area contributed by atoms with Crippen LogP contribution in [0.5, 0.6) is 0 Å². The molecule has 4 N–H and O–H groups in total. The van der Waals surface area contributed by atoms with Crippen molar-refractivity contribution >= 4 is 23.4 Å². The van der Waals surface area contributed by atoms with Crippen LogP contribution in [0.25, 0.3) is 11.1 Å². The zero-order valence-electron chi connectivity index (χ0n) is 21.5. The number of aryl methyl sites for hydroxylation is 1. The van der Waals surface area contributed by atoms with Gasteiger partial charge in [-0.1, -0.05) is 48.5 Å². The molecule has 1 fully saturated rings. The average Bonchev–Trinajstić information content (AvgIpc) is 3.10. The lowest BCUT2D eigenvalue weighted by Crippen LogP contribution is -2.49. The average molecular weight is 511 g/mol. The normalized spacial score (nSPS) is 19.3. The lowest BCUT2D eigenvalue weighted by atomic mass is 9.88. The smallest absolute Gasteiger partial charge is 0.251 e. The number of likely N-dealkylation sites (tertiary alicyclic amines) is 1. The molecule has 7 nitrogen and oxygen atoms in total. The van der Waals surface area contributed by atoms with E-state index in [4.69, 9.17) is 5.73 Å². The molecule has 5 rings (SSSR count). The molecule has 1 aliphatic heterocycles. The Balaban J connectivity index is 1.20. The fourth-order valence-corrected chi connectivity index (χ4v) is 5.37. The monoisotopic (exact) mass is 510 g/mol. The highest BCUT2D eigenvalue weighted by Gasteiger charge is 2.30. The number of hydrogen-bond acceptors (Lipinski definition) is 4. The van der Waals surface area contributed by atoms with Gasteiger partial charge in [-0.05, 0) is 85.0 Å². The first-order valence-electron chi connectivity index (χ1n) is 13.4. The van der Waals surface area contributed by atoms with Crippen LogP contribution in [0.3, 0.4) is 0 Å². The number of rotatable bonds is 6. The first-order chi connectivity index (χ1) is 18.5. The van der Waals surface area contributed by atoms with E-state index in [2.05, 4.69) is 10.6 Å². The summed E-state index contributed by atoms with van der Waals surface area (Å²) < 4.78 is 0. The van der Waals surface area contributed by atoms with E-state index in [9.17, 15) is 14.4 Å². The van der Waals surface area contributed by atoms with Crippen molar-refractivity contribution in [3.8, 4) is 11.1 Å². The van der Waals surface area contributed by atoms with Crippen molar-refractivity contribution in [3.05, 3.63) is 89.5 Å². The molecule has 3 aromatic carbocycles. The minimum absolute atomic E-state index is 0.0123. The maximum atomic E-state index is 13.3. The topological polar surface area (TPSA) is 105 Å². The van der Waals surface area contributed by atoms with Crippen molar-refractivity contribution in [2.75, 3.05) is 18.4 Å². The number of hydrogen-bond donors (Lipinski definition) is 3. The van der Waals surface area contributed by atoms with Gasteiger partial charge >= 0.3 is 0 Å². The van der Waals surface area contributed by atoms with Gasteiger partial charge in [0.2, 0.25) is 11.8 Å². The minimum Gasteiger partial charge on any atom is -0.340 e. The minimum atomic E-state index is -0.659. The Bertz CT molecular complexity index is 1310. The van der Waals surface area contributed by atoms with Crippen molar-refractivity contribution in [1.82, 2.24) is 10.2 Å². The van der Waals surface area contributed by atoms with E-state index in [0.29, 0.717) is 24.2 Å². The van der Waals surface area contributed by atoms with Gasteiger partial charge in [-0.25, -0.2) is 0 Å². The van der Waals surface area contributed by atoms with Crippen molar-refractivity contribution in [1.29, 1.82) is 0 Å². The Hall–Kier alpha value is -3.97. The summed E-state index contributed by atoms with van der Waals surface area (Å²) in [4.78, 5) is 40.7. The van der Waals surface area contributed by atoms with Crippen molar-refractivity contribution < 1.29 is 14.4 Å². The summed E-state index contributed by atoms with van der Waals surface area (Å²) >= 11 is 0. The van der Waals surface area contributed by atoms with Gasteiger partial charge in [-0.2, -0.15) is 0 Å². The number of nitrogens with two attached hydrogens (primary N) is 1. The van der Waals surface area contributed by atoms with Crippen LogP contribution in [0.15, 0.2) is 72.8 Å². The highest BCUT2D eigenvalue weighted by atomic mass is 16.2. The van der Waals surface area contributed by atoms with Crippen molar-refractivity contribution in [3.63, 3.8) is 0 Å². The van der Waals surface area contributed by atoms with Gasteiger partial charge in [-0.15, -0.1) is 0 Å². The SMILES string of the molecule is NC1CCCc2ccc(NC(=O)CN3CCCCC(NC(=O)c4ccc(-c5ccccc5)cc4)C3=O)cc21. The molecule has 0 radical (unpaired) electrons. The molecule has 2 unspecified atom stereocenters. The molecular formula is C31H34N4O3. The molecule has 1 heterocycles. The molecule has 0 saturated carbocycles. The van der Waals surface area contributed by atoms with Crippen LogP contribution in [0.1, 0.15) is 59.6 Å². The van der Waals surface area contributed by atoms with Gasteiger partial charge in [0, 0.05) is 23.8 Å². The summed E-state index contributed by atoms with van der Waals surface area (Å²) in [5.41, 5.74) is 11.9. The van der Waals surface area contributed by atoms with Crippen LogP contribution in [0, 0.1) is 0 Å². The second kappa shape index (κ2) is 11.6. The summed E-state index contributed by atoms with van der Waals surface area (Å²) in [6, 6.07) is 22.5. The summed E-state index contributed by atoms with van der Waals surface area (Å²) in [5.74, 6) is -0.773. The maximum Gasteiger partial charge on any atom is 0.251 e. The van der Waals surface area contributed by atoms with Crippen LogP contribution in [-0.2, 0) is 16.0 Å². The maximum absolute atomic E-state index is 13.3. The lowest BCUT2D eigenvalue weighted by Gasteiger charge is -2.25. The molecule has 1 aliphatic carbocycles. The molecular weight excluding hydrogens is 476 g/mol. The van der Waals surface area contributed by atoms with Gasteiger partial charge in [0.1, 0.15) is 6.04 Å². The fraction of sp³-hybridized carbons (Fsp3) is 0.323. The molecule has 0 aromatic heterocycles. The van der Waals surface area contributed by atoms with Crippen molar-refractivity contribution in [2.24, 2.45) is 5.73 Å². The molecule has 3 aromatic rings. The number of nitrogens with one attached hydrogen (secondary N) is 2. The number of fused-ring (bicyclic) bond motifs is 1. The molecule has 0 bridgehead atoms. The molecule has 3 amide bonds. The van der Waals surface area contributed by atoms with E-state index in [-0.39, 0.29) is 30.3 Å². The number of benzene rings is 3. The predicted octanol–water partition coefficient (Wildman–Crippen LogP) is 4.44. The molecule has 2 aliphatic rings. The van der Waals surface area contributed by atoms with Gasteiger partial charge in [0.15, 0.2) is 0 Å². The van der Waals surface area contributed by atoms with E-state index >= 15 is 0 Å². The first kappa shape index (κ1) is 25.7. The lowest BCUT2D eigenvalue weighted by molar-refractivity contribution is -0.135. The second-order valence-corrected chi connectivity index (χ2v) is 10.2. The summed E-state index contributed by atoms with van der Waals surface area (Å²) in [6.45, 7) is 0.430. The zero-order valence-corrected chi connectivity index (χ0v) is 21.5. The van der Waals surface area contributed by atoms with Gasteiger partial charge in [0.05, 0.1) is 6.54 Å². The van der Waals surface area contributed by atoms with Crippen molar-refractivity contribution in [2.45, 2.75) is 50.6 Å². The molecule has 196 valence electrons. The third-order valence-corrected chi connectivity index (χ3v) is 7.46. The zero-order chi connectivity index (χ0) is 26.5. The van der Waals surface area contributed by atoms with Gasteiger partial charge < -0.3 is 21.3 Å². The number of nitrogens with zero attached hydrogens (tertiary/aromatic N) is 1.